The number of rotatable bonds is 11. The second-order valence-corrected chi connectivity index (χ2v) is 20.8. The lowest BCUT2D eigenvalue weighted by atomic mass is 9.92. The number of carbonyl (C=O) groups is 1. The molecular formula is C42H49BrN4O4Si. The molecule has 0 spiro atoms. The summed E-state index contributed by atoms with van der Waals surface area (Å²) in [5.74, 6) is 0. The predicted molar refractivity (Wildman–Crippen MR) is 215 cm³/mol. The maximum atomic E-state index is 11.6. The Balaban J connectivity index is 1.29. The molecule has 1 saturated heterocycles. The van der Waals surface area contributed by atoms with Crippen LogP contribution in [0.1, 0.15) is 57.9 Å². The monoisotopic (exact) mass is 780 g/mol. The van der Waals surface area contributed by atoms with Gasteiger partial charge in [-0.1, -0.05) is 97.4 Å². The smallest absolute Gasteiger partial charge is 0.407 e. The van der Waals surface area contributed by atoms with E-state index < -0.39 is 14.4 Å². The van der Waals surface area contributed by atoms with Crippen molar-refractivity contribution in [3.05, 3.63) is 107 Å². The number of aromatic nitrogens is 2. The van der Waals surface area contributed by atoms with Gasteiger partial charge in [0, 0.05) is 60.8 Å². The summed E-state index contributed by atoms with van der Waals surface area (Å²) in [6.07, 6.45) is 3.86. The van der Waals surface area contributed by atoms with E-state index in [9.17, 15) is 9.90 Å². The van der Waals surface area contributed by atoms with Gasteiger partial charge in [-0.15, -0.1) is 0 Å². The van der Waals surface area contributed by atoms with Crippen LogP contribution in [0.25, 0.3) is 22.2 Å². The second kappa shape index (κ2) is 14.5. The number of methoxy groups -OCH3 is 1. The van der Waals surface area contributed by atoms with Gasteiger partial charge in [0.05, 0.1) is 29.4 Å². The summed E-state index contributed by atoms with van der Waals surface area (Å²) in [6, 6.07) is 30.5. The Morgan fingerprint density at radius 2 is 1.62 bits per heavy atom. The molecule has 1 amide bonds. The number of halogens is 1. The van der Waals surface area contributed by atoms with Gasteiger partial charge >= 0.3 is 6.09 Å². The Bertz CT molecular complexity index is 2000. The highest BCUT2D eigenvalue weighted by molar-refractivity contribution is 9.10. The second-order valence-electron chi connectivity index (χ2n) is 15.6. The highest BCUT2D eigenvalue weighted by Gasteiger charge is 2.53. The van der Waals surface area contributed by atoms with Crippen molar-refractivity contribution >= 4 is 57.3 Å². The number of fused-ring (bicyclic) bond motifs is 1. The number of ether oxygens (including phenoxy) is 1. The SMILES string of the molecule is CO[C@@H](C)c1ncc(N2CCN(C(=O)O)CC2)cc1-c1[nH]c2ccc(Br)cc2c1CC1(CO[Si](c2ccccc2)(c2ccccc2)C(C)(C)C)CC1. The van der Waals surface area contributed by atoms with Crippen LogP contribution in [0.5, 0.6) is 0 Å². The number of carboxylic acid groups (broad SMARTS) is 1. The zero-order valence-electron chi connectivity index (χ0n) is 30.8. The summed E-state index contributed by atoms with van der Waals surface area (Å²) in [6.45, 7) is 11.9. The number of nitrogens with zero attached hydrogens (tertiary/aromatic N) is 3. The molecule has 10 heteroatoms. The van der Waals surface area contributed by atoms with E-state index in [-0.39, 0.29) is 16.6 Å². The maximum Gasteiger partial charge on any atom is 0.407 e. The molecule has 272 valence electrons. The molecule has 3 heterocycles. The Labute approximate surface area is 316 Å². The first-order valence-corrected chi connectivity index (χ1v) is 21.0. The standard InChI is InChI=1S/C42H49BrN4O4Si/c1-29(50-5)38-35(25-31(27-44-38)46-20-22-47(23-21-46)40(48)49)39-36(34-24-30(43)16-17-37(34)45-39)26-42(18-19-42)28-51-52(41(2,3)4,32-12-8-6-9-13-32)33-14-10-7-11-15-33/h6-17,24-25,27,29,45H,18-23,26,28H2,1-5H3,(H,48,49)/t29-/m0/s1. The van der Waals surface area contributed by atoms with E-state index >= 15 is 0 Å². The van der Waals surface area contributed by atoms with Crippen molar-refractivity contribution in [2.24, 2.45) is 5.41 Å². The first-order chi connectivity index (χ1) is 24.9. The molecule has 2 aliphatic rings. The van der Waals surface area contributed by atoms with Crippen LogP contribution in [0.4, 0.5) is 10.5 Å². The lowest BCUT2D eigenvalue weighted by molar-refractivity contribution is 0.116. The summed E-state index contributed by atoms with van der Waals surface area (Å²) < 4.78 is 14.5. The third-order valence-electron chi connectivity index (χ3n) is 11.2. The van der Waals surface area contributed by atoms with Crippen LogP contribution in [-0.4, -0.2) is 74.3 Å². The van der Waals surface area contributed by atoms with Crippen LogP contribution in [0.2, 0.25) is 5.04 Å². The fourth-order valence-electron chi connectivity index (χ4n) is 8.01. The minimum absolute atomic E-state index is 0.00944. The first-order valence-electron chi connectivity index (χ1n) is 18.3. The summed E-state index contributed by atoms with van der Waals surface area (Å²) in [4.78, 5) is 24.2. The third kappa shape index (κ3) is 6.94. The topological polar surface area (TPSA) is 90.9 Å². The van der Waals surface area contributed by atoms with Crippen LogP contribution in [-0.2, 0) is 15.6 Å². The van der Waals surface area contributed by atoms with Crippen LogP contribution in [0, 0.1) is 5.41 Å². The van der Waals surface area contributed by atoms with Gasteiger partial charge in [-0.25, -0.2) is 4.79 Å². The van der Waals surface area contributed by atoms with Crippen LogP contribution < -0.4 is 15.3 Å². The highest BCUT2D eigenvalue weighted by Crippen LogP contribution is 2.52. The summed E-state index contributed by atoms with van der Waals surface area (Å²) in [7, 11) is -0.994. The number of amides is 1. The zero-order chi connectivity index (χ0) is 36.7. The van der Waals surface area contributed by atoms with E-state index in [0.29, 0.717) is 32.8 Å². The molecule has 0 unspecified atom stereocenters. The molecule has 52 heavy (non-hydrogen) atoms. The predicted octanol–water partition coefficient (Wildman–Crippen LogP) is 8.40. The number of H-pyrrole nitrogens is 1. The quantitative estimate of drug-likeness (QED) is 0.131. The van der Waals surface area contributed by atoms with Gasteiger partial charge in [0.1, 0.15) is 0 Å². The minimum atomic E-state index is -2.72. The highest BCUT2D eigenvalue weighted by atomic mass is 79.9. The fraction of sp³-hybridized carbons (Fsp3) is 0.381. The molecule has 1 atom stereocenters. The van der Waals surface area contributed by atoms with Gasteiger partial charge in [0.2, 0.25) is 0 Å². The summed E-state index contributed by atoms with van der Waals surface area (Å²) >= 11 is 3.77. The van der Waals surface area contributed by atoms with Crippen LogP contribution in [0.15, 0.2) is 95.6 Å². The van der Waals surface area contributed by atoms with Gasteiger partial charge in [-0.3, -0.25) is 4.98 Å². The summed E-state index contributed by atoms with van der Waals surface area (Å²) in [5.41, 5.74) is 6.25. The van der Waals surface area contributed by atoms with Gasteiger partial charge in [-0.2, -0.15) is 0 Å². The van der Waals surface area contributed by atoms with Crippen LogP contribution >= 0.6 is 15.9 Å². The number of piperazine rings is 1. The number of aromatic amines is 1. The van der Waals surface area contributed by atoms with E-state index in [0.717, 1.165) is 51.9 Å². The van der Waals surface area contributed by atoms with E-state index in [2.05, 4.69) is 132 Å². The Kier molecular flexibility index (Phi) is 10.1. The molecule has 1 aliphatic carbocycles. The fourth-order valence-corrected chi connectivity index (χ4v) is 13.0. The van der Waals surface area contributed by atoms with E-state index in [1.807, 2.05) is 13.1 Å². The number of hydrogen-bond acceptors (Lipinski definition) is 5. The minimum Gasteiger partial charge on any atom is -0.465 e. The van der Waals surface area contributed by atoms with Crippen molar-refractivity contribution in [1.82, 2.24) is 14.9 Å². The molecule has 7 rings (SSSR count). The Morgan fingerprint density at radius 3 is 2.17 bits per heavy atom. The lowest BCUT2D eigenvalue weighted by Gasteiger charge is -2.44. The normalized spacial score (nSPS) is 16.7. The molecule has 1 aliphatic heterocycles. The molecule has 2 aromatic heterocycles. The summed E-state index contributed by atoms with van der Waals surface area (Å²) in [5, 5.41) is 13.2. The van der Waals surface area contributed by atoms with E-state index in [4.69, 9.17) is 14.1 Å². The van der Waals surface area contributed by atoms with Gasteiger partial charge in [-0.05, 0) is 76.8 Å². The van der Waals surface area contributed by atoms with Gasteiger partial charge in [0.25, 0.3) is 8.32 Å². The maximum absolute atomic E-state index is 11.6. The van der Waals surface area contributed by atoms with E-state index in [1.54, 1.807) is 7.11 Å². The molecule has 1 saturated carbocycles. The largest absolute Gasteiger partial charge is 0.465 e. The third-order valence-corrected chi connectivity index (χ3v) is 16.7. The zero-order valence-corrected chi connectivity index (χ0v) is 33.4. The van der Waals surface area contributed by atoms with Gasteiger partial charge < -0.3 is 29.1 Å². The average molecular weight is 782 g/mol. The number of hydrogen-bond donors (Lipinski definition) is 2. The Hall–Kier alpha value is -3.96. The Morgan fingerprint density at radius 1 is 0.981 bits per heavy atom. The number of benzene rings is 3. The molecule has 8 nitrogen and oxygen atoms in total. The molecule has 2 fully saturated rings. The number of pyridine rings is 1. The molecule has 5 aromatic rings. The molecule has 0 radical (unpaired) electrons. The van der Waals surface area contributed by atoms with Crippen LogP contribution in [0.3, 0.4) is 0 Å². The van der Waals surface area contributed by atoms with Crippen molar-refractivity contribution < 1.29 is 19.1 Å². The van der Waals surface area contributed by atoms with Crippen molar-refractivity contribution in [1.29, 1.82) is 0 Å². The lowest BCUT2D eigenvalue weighted by Crippen LogP contribution is -2.67. The van der Waals surface area contributed by atoms with Crippen molar-refractivity contribution in [2.75, 3.05) is 44.8 Å². The molecule has 0 bridgehead atoms. The first kappa shape index (κ1) is 36.4. The van der Waals surface area contributed by atoms with Crippen molar-refractivity contribution in [3.63, 3.8) is 0 Å². The molecule has 2 N–H and O–H groups in total. The number of anilines is 1. The van der Waals surface area contributed by atoms with E-state index in [1.165, 1.54) is 26.2 Å². The average Bonchev–Trinajstić information content (AvgIpc) is 3.84. The number of nitrogens with one attached hydrogen (secondary N) is 1. The molecule has 3 aromatic carbocycles. The molecular weight excluding hydrogens is 732 g/mol. The van der Waals surface area contributed by atoms with Gasteiger partial charge in [0.15, 0.2) is 0 Å². The van der Waals surface area contributed by atoms with Crippen molar-refractivity contribution in [3.8, 4) is 11.3 Å². The van der Waals surface area contributed by atoms with Crippen molar-refractivity contribution in [2.45, 2.75) is 58.1 Å².